The summed E-state index contributed by atoms with van der Waals surface area (Å²) in [6, 6.07) is 7.90. The lowest BCUT2D eigenvalue weighted by Crippen LogP contribution is -2.49. The topological polar surface area (TPSA) is 152 Å². The number of nitrogens with zero attached hydrogens (tertiary/aromatic N) is 3. The maximum absolute atomic E-state index is 12.4. The highest BCUT2D eigenvalue weighted by molar-refractivity contribution is 6.31. The second kappa shape index (κ2) is 9.84. The van der Waals surface area contributed by atoms with Crippen molar-refractivity contribution in [1.29, 1.82) is 0 Å². The molecule has 170 valence electrons. The van der Waals surface area contributed by atoms with Crippen LogP contribution in [-0.2, 0) is 11.2 Å². The molecule has 3 aromatic rings. The highest BCUT2D eigenvalue weighted by Gasteiger charge is 2.19. The minimum atomic E-state index is -0.469. The number of nitrogens with two attached hydrogens (primary N) is 2. The van der Waals surface area contributed by atoms with E-state index >= 15 is 0 Å². The van der Waals surface area contributed by atoms with E-state index < -0.39 is 5.91 Å². The number of hydrogen-bond donors (Lipinski definition) is 5. The molecule has 2 aromatic heterocycles. The number of fused-ring (bicyclic) bond motifs is 1. The van der Waals surface area contributed by atoms with Crippen LogP contribution in [0.25, 0.3) is 10.9 Å². The van der Waals surface area contributed by atoms with E-state index in [4.69, 9.17) is 23.1 Å². The Kier molecular flexibility index (Phi) is 7.16. The summed E-state index contributed by atoms with van der Waals surface area (Å²) in [6.07, 6.45) is 2.19. The van der Waals surface area contributed by atoms with E-state index in [1.165, 1.54) is 0 Å². The molecule has 0 aliphatic rings. The van der Waals surface area contributed by atoms with Gasteiger partial charge in [-0.15, -0.1) is 0 Å². The first-order valence-corrected chi connectivity index (χ1v) is 10.5. The van der Waals surface area contributed by atoms with Crippen molar-refractivity contribution in [2.45, 2.75) is 6.42 Å². The third kappa shape index (κ3) is 5.86. The molecule has 32 heavy (non-hydrogen) atoms. The van der Waals surface area contributed by atoms with Crippen LogP contribution in [0.15, 0.2) is 30.5 Å². The van der Waals surface area contributed by atoms with Gasteiger partial charge in [0.05, 0.1) is 46.7 Å². The number of likely N-dealkylation sites (N-methyl/N-ethyl adjacent to an activating group) is 1. The SMILES string of the molecule is C[N+](C)(CCNC(=O)Cc1c[nH]c2ccccc12)CCNC(=O)c1nc(Cl)c(N)nc1N. The zero-order valence-corrected chi connectivity index (χ0v) is 18.9. The summed E-state index contributed by atoms with van der Waals surface area (Å²) in [5.41, 5.74) is 13.2. The Bertz CT molecular complexity index is 1130. The molecular formula is C21H28ClN8O2+. The average molecular weight is 460 g/mol. The molecule has 0 aliphatic carbocycles. The number of para-hydroxylation sites is 1. The number of amides is 2. The zero-order valence-electron chi connectivity index (χ0n) is 18.1. The fourth-order valence-corrected chi connectivity index (χ4v) is 3.41. The Balaban J connectivity index is 1.42. The maximum Gasteiger partial charge on any atom is 0.273 e. The van der Waals surface area contributed by atoms with Crippen LogP contribution in [0.4, 0.5) is 11.6 Å². The van der Waals surface area contributed by atoms with Crippen molar-refractivity contribution >= 4 is 46.0 Å². The van der Waals surface area contributed by atoms with E-state index in [1.807, 2.05) is 44.6 Å². The summed E-state index contributed by atoms with van der Waals surface area (Å²) >= 11 is 5.82. The summed E-state index contributed by atoms with van der Waals surface area (Å²) < 4.78 is 0.595. The highest BCUT2D eigenvalue weighted by Crippen LogP contribution is 2.18. The highest BCUT2D eigenvalue weighted by atomic mass is 35.5. The molecule has 1 aromatic carbocycles. The van der Waals surface area contributed by atoms with Crippen LogP contribution in [0.5, 0.6) is 0 Å². The van der Waals surface area contributed by atoms with Gasteiger partial charge in [-0.25, -0.2) is 9.97 Å². The number of anilines is 2. The molecule has 0 aliphatic heterocycles. The minimum absolute atomic E-state index is 0.0229. The van der Waals surface area contributed by atoms with Crippen molar-refractivity contribution in [1.82, 2.24) is 25.6 Å². The summed E-state index contributed by atoms with van der Waals surface area (Å²) in [6.45, 7) is 2.25. The van der Waals surface area contributed by atoms with Crippen molar-refractivity contribution < 1.29 is 14.1 Å². The van der Waals surface area contributed by atoms with Crippen molar-refractivity contribution in [3.63, 3.8) is 0 Å². The third-order valence-corrected chi connectivity index (χ3v) is 5.47. The first-order valence-electron chi connectivity index (χ1n) is 10.2. The number of carbonyl (C=O) groups is 2. The summed E-state index contributed by atoms with van der Waals surface area (Å²) in [5, 5.41) is 6.72. The minimum Gasteiger partial charge on any atom is -0.382 e. The Morgan fingerprint density at radius 3 is 2.50 bits per heavy atom. The van der Waals surface area contributed by atoms with E-state index in [9.17, 15) is 9.59 Å². The van der Waals surface area contributed by atoms with Gasteiger partial charge in [0.25, 0.3) is 5.91 Å². The number of H-pyrrole nitrogens is 1. The van der Waals surface area contributed by atoms with Gasteiger partial charge in [0, 0.05) is 17.1 Å². The van der Waals surface area contributed by atoms with Crippen LogP contribution in [0.3, 0.4) is 0 Å². The van der Waals surface area contributed by atoms with Crippen LogP contribution in [0.1, 0.15) is 16.1 Å². The molecule has 0 saturated heterocycles. The van der Waals surface area contributed by atoms with E-state index in [1.54, 1.807) is 0 Å². The van der Waals surface area contributed by atoms with Crippen molar-refractivity contribution in [2.75, 3.05) is 51.7 Å². The molecule has 0 saturated carbocycles. The van der Waals surface area contributed by atoms with Crippen LogP contribution in [-0.4, -0.2) is 71.5 Å². The molecule has 0 radical (unpaired) electrons. The molecule has 10 nitrogen and oxygen atoms in total. The molecule has 0 fully saturated rings. The Labute approximate surface area is 190 Å². The number of benzene rings is 1. The average Bonchev–Trinajstić information content (AvgIpc) is 3.13. The number of halogens is 1. The largest absolute Gasteiger partial charge is 0.382 e. The van der Waals surface area contributed by atoms with E-state index in [0.717, 1.165) is 16.5 Å². The van der Waals surface area contributed by atoms with E-state index in [-0.39, 0.29) is 28.4 Å². The van der Waals surface area contributed by atoms with Gasteiger partial charge < -0.3 is 31.6 Å². The number of hydrogen-bond acceptors (Lipinski definition) is 6. The van der Waals surface area contributed by atoms with Crippen LogP contribution in [0.2, 0.25) is 5.15 Å². The number of carbonyl (C=O) groups excluding carboxylic acids is 2. The lowest BCUT2D eigenvalue weighted by molar-refractivity contribution is -0.887. The number of aromatic nitrogens is 3. The normalized spacial score (nSPS) is 11.5. The fraction of sp³-hybridized carbons (Fsp3) is 0.333. The van der Waals surface area contributed by atoms with Gasteiger partial charge in [0.2, 0.25) is 5.91 Å². The molecule has 0 spiro atoms. The van der Waals surface area contributed by atoms with Crippen LogP contribution >= 0.6 is 11.6 Å². The lowest BCUT2D eigenvalue weighted by Gasteiger charge is -2.30. The van der Waals surface area contributed by atoms with Gasteiger partial charge in [-0.2, -0.15) is 0 Å². The fourth-order valence-electron chi connectivity index (χ4n) is 3.29. The molecule has 0 atom stereocenters. The second-order valence-corrected chi connectivity index (χ2v) is 8.52. The monoisotopic (exact) mass is 459 g/mol. The zero-order chi connectivity index (χ0) is 23.3. The lowest BCUT2D eigenvalue weighted by atomic mass is 10.1. The van der Waals surface area contributed by atoms with Crippen LogP contribution < -0.4 is 22.1 Å². The second-order valence-electron chi connectivity index (χ2n) is 8.16. The molecular weight excluding hydrogens is 432 g/mol. The van der Waals surface area contributed by atoms with Gasteiger partial charge in [-0.3, -0.25) is 9.59 Å². The standard InChI is InChI=1S/C21H27ClN8O2/c1-30(2,10-8-26-21(32)17-19(23)29-20(24)18(22)28-17)9-7-25-16(31)11-13-12-27-15-6-4-3-5-14(13)15/h3-6,12,27H,7-11H2,1-2H3,(H5-,23,24,25,26,29,31,32)/p+1. The number of quaternary nitrogens is 1. The van der Waals surface area contributed by atoms with Gasteiger partial charge in [0.1, 0.15) is 0 Å². The summed E-state index contributed by atoms with van der Waals surface area (Å²) in [7, 11) is 4.04. The first-order chi connectivity index (χ1) is 15.2. The summed E-state index contributed by atoms with van der Waals surface area (Å²) in [5.74, 6) is -0.595. The molecule has 0 unspecified atom stereocenters. The number of nitrogen functional groups attached to an aromatic ring is 2. The first kappa shape index (κ1) is 23.3. The predicted molar refractivity (Wildman–Crippen MR) is 125 cm³/mol. The number of aromatic amines is 1. The molecule has 2 amide bonds. The predicted octanol–water partition coefficient (Wildman–Crippen LogP) is 0.941. The van der Waals surface area contributed by atoms with Crippen molar-refractivity contribution in [3.8, 4) is 0 Å². The quantitative estimate of drug-likeness (QED) is 0.300. The Morgan fingerprint density at radius 2 is 1.75 bits per heavy atom. The van der Waals surface area contributed by atoms with E-state index in [0.29, 0.717) is 37.1 Å². The van der Waals surface area contributed by atoms with Gasteiger partial charge in [-0.05, 0) is 11.6 Å². The van der Waals surface area contributed by atoms with Gasteiger partial charge in [-0.1, -0.05) is 29.8 Å². The molecule has 0 bridgehead atoms. The number of nitrogens with one attached hydrogen (secondary N) is 3. The van der Waals surface area contributed by atoms with Gasteiger partial charge in [0.15, 0.2) is 22.5 Å². The Morgan fingerprint density at radius 1 is 1.06 bits per heavy atom. The smallest absolute Gasteiger partial charge is 0.273 e. The molecule has 7 N–H and O–H groups in total. The van der Waals surface area contributed by atoms with E-state index in [2.05, 4.69) is 25.6 Å². The Hall–Kier alpha value is -3.37. The number of rotatable bonds is 9. The maximum atomic E-state index is 12.4. The third-order valence-electron chi connectivity index (χ3n) is 5.19. The summed E-state index contributed by atoms with van der Waals surface area (Å²) in [4.78, 5) is 35.5. The van der Waals surface area contributed by atoms with Gasteiger partial charge >= 0.3 is 0 Å². The molecule has 2 heterocycles. The van der Waals surface area contributed by atoms with Crippen molar-refractivity contribution in [3.05, 3.63) is 46.9 Å². The van der Waals surface area contributed by atoms with Crippen LogP contribution in [0, 0.1) is 0 Å². The molecule has 3 rings (SSSR count). The molecule has 11 heteroatoms. The van der Waals surface area contributed by atoms with Crippen molar-refractivity contribution in [2.24, 2.45) is 0 Å².